The number of hydrogen-bond donors (Lipinski definition) is 2. The number of hydrogen-bond acceptors (Lipinski definition) is 9. The zero-order valence-corrected chi connectivity index (χ0v) is 19.5. The van der Waals surface area contributed by atoms with Crippen LogP contribution in [0.4, 0.5) is 5.82 Å². The van der Waals surface area contributed by atoms with Gasteiger partial charge in [-0.3, -0.25) is 0 Å². The number of nitrogens with one attached hydrogen (secondary N) is 1. The largest absolute Gasteiger partial charge is 0.454 e. The molecule has 4 heterocycles. The number of aryl methyl sites for hydroxylation is 1. The molecule has 5 rings (SSSR count). The van der Waals surface area contributed by atoms with Crippen LogP contribution in [0, 0.1) is 0 Å². The lowest BCUT2D eigenvalue weighted by Crippen LogP contribution is -2.24. The van der Waals surface area contributed by atoms with Crippen LogP contribution >= 0.6 is 23.1 Å². The first-order valence-electron chi connectivity index (χ1n) is 10.5. The van der Waals surface area contributed by atoms with Gasteiger partial charge in [-0.1, -0.05) is 31.7 Å². The van der Waals surface area contributed by atoms with Crippen molar-refractivity contribution in [2.24, 2.45) is 0 Å². The van der Waals surface area contributed by atoms with Gasteiger partial charge in [0.05, 0.1) is 0 Å². The number of benzene rings is 1. The molecule has 0 fully saturated rings. The maximum atomic E-state index is 6.12. The van der Waals surface area contributed by atoms with Gasteiger partial charge < -0.3 is 25.1 Å². The number of fused-ring (bicyclic) bond motifs is 2. The lowest BCUT2D eigenvalue weighted by atomic mass is 10.1. The molecular formula is C22H24N6O2S2. The summed E-state index contributed by atoms with van der Waals surface area (Å²) in [7, 11) is 0. The van der Waals surface area contributed by atoms with Gasteiger partial charge in [-0.25, -0.2) is 15.0 Å². The Hall–Kier alpha value is -2.82. The molecule has 0 unspecified atom stereocenters. The molecule has 1 aliphatic heterocycles. The van der Waals surface area contributed by atoms with E-state index in [0.29, 0.717) is 17.4 Å². The molecule has 4 aromatic rings. The van der Waals surface area contributed by atoms with Crippen molar-refractivity contribution in [2.75, 3.05) is 19.1 Å². The average Bonchev–Trinajstić information content (AvgIpc) is 3.51. The number of ether oxygens (including phenoxy) is 2. The van der Waals surface area contributed by atoms with Crippen molar-refractivity contribution in [2.45, 2.75) is 42.9 Å². The van der Waals surface area contributed by atoms with Crippen LogP contribution in [-0.2, 0) is 6.54 Å². The summed E-state index contributed by atoms with van der Waals surface area (Å²) in [6.45, 7) is 6.21. The molecule has 0 aliphatic carbocycles. The fourth-order valence-electron chi connectivity index (χ4n) is 3.57. The lowest BCUT2D eigenvalue weighted by Gasteiger charge is -2.12. The summed E-state index contributed by atoms with van der Waals surface area (Å²) in [5, 5.41) is 6.36. The molecule has 0 bridgehead atoms. The Labute approximate surface area is 194 Å². The van der Waals surface area contributed by atoms with E-state index < -0.39 is 0 Å². The van der Waals surface area contributed by atoms with Crippen molar-refractivity contribution >= 4 is 40.1 Å². The van der Waals surface area contributed by atoms with Gasteiger partial charge in [0.2, 0.25) is 6.79 Å². The first-order valence-corrected chi connectivity index (χ1v) is 12.1. The van der Waals surface area contributed by atoms with E-state index in [9.17, 15) is 0 Å². The normalized spacial score (nSPS) is 12.8. The predicted molar refractivity (Wildman–Crippen MR) is 127 cm³/mol. The smallest absolute Gasteiger partial charge is 0.231 e. The highest BCUT2D eigenvalue weighted by atomic mass is 32.2. The highest BCUT2D eigenvalue weighted by Gasteiger charge is 2.22. The minimum absolute atomic E-state index is 0.237. The summed E-state index contributed by atoms with van der Waals surface area (Å²) in [5.74, 6) is 1.90. The molecule has 166 valence electrons. The second-order valence-electron chi connectivity index (χ2n) is 7.72. The topological polar surface area (TPSA) is 100 Å². The summed E-state index contributed by atoms with van der Waals surface area (Å²) in [4.78, 5) is 15.6. The van der Waals surface area contributed by atoms with Crippen LogP contribution in [0.5, 0.6) is 11.5 Å². The van der Waals surface area contributed by atoms with E-state index in [1.165, 1.54) is 6.33 Å². The van der Waals surface area contributed by atoms with Crippen molar-refractivity contribution in [1.29, 1.82) is 0 Å². The summed E-state index contributed by atoms with van der Waals surface area (Å²) in [6, 6.07) is 8.68. The van der Waals surface area contributed by atoms with Crippen LogP contribution in [0.2, 0.25) is 0 Å². The number of aromatic nitrogens is 4. The number of imidazole rings is 1. The SMILES string of the molecule is CC(C)NCCCn1c(Sc2cc3c(cc2-c2cccs2)OCO3)nc2c(N)ncnc21. The van der Waals surface area contributed by atoms with Crippen molar-refractivity contribution < 1.29 is 9.47 Å². The highest BCUT2D eigenvalue weighted by Crippen LogP contribution is 2.45. The Bertz CT molecular complexity index is 1240. The Morgan fingerprint density at radius 1 is 1.25 bits per heavy atom. The molecule has 0 radical (unpaired) electrons. The molecule has 1 aliphatic rings. The molecule has 10 heteroatoms. The third-order valence-corrected chi connectivity index (χ3v) is 7.05. The number of nitrogens with two attached hydrogens (primary N) is 1. The van der Waals surface area contributed by atoms with E-state index >= 15 is 0 Å². The van der Waals surface area contributed by atoms with Gasteiger partial charge in [-0.2, -0.15) is 0 Å². The molecule has 0 spiro atoms. The maximum absolute atomic E-state index is 6.12. The Kier molecular flexibility index (Phi) is 5.90. The quantitative estimate of drug-likeness (QED) is 0.367. The van der Waals surface area contributed by atoms with Crippen molar-refractivity contribution in [1.82, 2.24) is 24.8 Å². The van der Waals surface area contributed by atoms with Gasteiger partial charge in [0.1, 0.15) is 6.33 Å². The number of rotatable bonds is 8. The van der Waals surface area contributed by atoms with Crippen LogP contribution in [-0.4, -0.2) is 38.9 Å². The monoisotopic (exact) mass is 468 g/mol. The molecule has 0 saturated heterocycles. The van der Waals surface area contributed by atoms with Crippen LogP contribution in [0.3, 0.4) is 0 Å². The van der Waals surface area contributed by atoms with Crippen LogP contribution in [0.15, 0.2) is 46.0 Å². The minimum atomic E-state index is 0.237. The van der Waals surface area contributed by atoms with Crippen molar-refractivity contribution in [3.63, 3.8) is 0 Å². The summed E-state index contributed by atoms with van der Waals surface area (Å²) in [6.07, 6.45) is 2.44. The zero-order valence-electron chi connectivity index (χ0n) is 17.9. The summed E-state index contributed by atoms with van der Waals surface area (Å²) < 4.78 is 13.4. The number of anilines is 1. The average molecular weight is 469 g/mol. The molecule has 0 atom stereocenters. The van der Waals surface area contributed by atoms with Crippen LogP contribution < -0.4 is 20.5 Å². The number of thiophene rings is 1. The van der Waals surface area contributed by atoms with Gasteiger partial charge >= 0.3 is 0 Å². The molecule has 0 saturated carbocycles. The standard InChI is InChI=1S/C22H24N6O2S2/c1-13(2)24-6-4-7-28-21-19(20(23)25-11-26-21)27-22(28)32-18-10-16-15(29-12-30-16)9-14(18)17-5-3-8-31-17/h3,5,8-11,13,24H,4,6-7,12H2,1-2H3,(H2,23,25,26). The van der Waals surface area contributed by atoms with E-state index in [-0.39, 0.29) is 6.79 Å². The predicted octanol–water partition coefficient (Wildman–Crippen LogP) is 4.41. The molecule has 3 aromatic heterocycles. The molecule has 3 N–H and O–H groups in total. The second-order valence-corrected chi connectivity index (χ2v) is 9.68. The molecule has 32 heavy (non-hydrogen) atoms. The van der Waals surface area contributed by atoms with Gasteiger partial charge in [0.15, 0.2) is 33.6 Å². The Balaban J connectivity index is 1.54. The molecule has 8 nitrogen and oxygen atoms in total. The fraction of sp³-hybridized carbons (Fsp3) is 0.318. The highest BCUT2D eigenvalue weighted by molar-refractivity contribution is 7.99. The van der Waals surface area contributed by atoms with Crippen molar-refractivity contribution in [3.8, 4) is 21.9 Å². The van der Waals surface area contributed by atoms with Crippen molar-refractivity contribution in [3.05, 3.63) is 36.0 Å². The van der Waals surface area contributed by atoms with Gasteiger partial charge in [-0.15, -0.1) is 11.3 Å². The van der Waals surface area contributed by atoms with Gasteiger partial charge in [0, 0.05) is 27.9 Å². The van der Waals surface area contributed by atoms with E-state index in [4.69, 9.17) is 20.2 Å². The van der Waals surface area contributed by atoms with Gasteiger partial charge in [-0.05, 0) is 36.5 Å². The maximum Gasteiger partial charge on any atom is 0.231 e. The molecule has 1 aromatic carbocycles. The summed E-state index contributed by atoms with van der Waals surface area (Å²) in [5.41, 5.74) is 8.60. The van der Waals surface area contributed by atoms with E-state index in [1.807, 2.05) is 18.2 Å². The fourth-order valence-corrected chi connectivity index (χ4v) is 5.46. The first-order chi connectivity index (χ1) is 15.6. The third kappa shape index (κ3) is 4.13. The zero-order chi connectivity index (χ0) is 22.1. The van der Waals surface area contributed by atoms with Crippen LogP contribution in [0.1, 0.15) is 20.3 Å². The second kappa shape index (κ2) is 8.97. The Morgan fingerprint density at radius 3 is 2.88 bits per heavy atom. The molecule has 0 amide bonds. The first kappa shape index (κ1) is 21.0. The van der Waals surface area contributed by atoms with E-state index in [1.54, 1.807) is 23.1 Å². The number of nitrogens with zero attached hydrogens (tertiary/aromatic N) is 4. The third-order valence-electron chi connectivity index (χ3n) is 5.10. The van der Waals surface area contributed by atoms with E-state index in [0.717, 1.165) is 57.1 Å². The minimum Gasteiger partial charge on any atom is -0.454 e. The Morgan fingerprint density at radius 2 is 2.09 bits per heavy atom. The number of nitrogen functional groups attached to an aromatic ring is 1. The van der Waals surface area contributed by atoms with E-state index in [2.05, 4.69) is 45.1 Å². The van der Waals surface area contributed by atoms with Crippen LogP contribution in [0.25, 0.3) is 21.6 Å². The van der Waals surface area contributed by atoms with Gasteiger partial charge in [0.25, 0.3) is 0 Å². The molecular weight excluding hydrogens is 444 g/mol. The lowest BCUT2D eigenvalue weighted by molar-refractivity contribution is 0.174. The summed E-state index contributed by atoms with van der Waals surface area (Å²) >= 11 is 3.27.